The Balaban J connectivity index is 1.72. The highest BCUT2D eigenvalue weighted by atomic mass is 32.2. The maximum Gasteiger partial charge on any atom is 0.232 e. The lowest BCUT2D eigenvalue weighted by molar-refractivity contribution is -0.129. The van der Waals surface area contributed by atoms with Crippen molar-refractivity contribution in [2.45, 2.75) is 25.7 Å². The van der Waals surface area contributed by atoms with Gasteiger partial charge in [0, 0.05) is 32.7 Å². The summed E-state index contributed by atoms with van der Waals surface area (Å²) >= 11 is 1.42. The van der Waals surface area contributed by atoms with Crippen LogP contribution in [0.25, 0.3) is 0 Å². The van der Waals surface area contributed by atoms with Crippen LogP contribution in [0.15, 0.2) is 30.3 Å². The average Bonchev–Trinajstić information content (AvgIpc) is 2.66. The van der Waals surface area contributed by atoms with Gasteiger partial charge in [-0.1, -0.05) is 30.3 Å². The monoisotopic (exact) mass is 363 g/mol. The van der Waals surface area contributed by atoms with Gasteiger partial charge >= 0.3 is 0 Å². The number of carbonyl (C=O) groups is 2. The molecule has 2 rings (SSSR count). The molecule has 1 fully saturated rings. The Morgan fingerprint density at radius 2 is 1.76 bits per heavy atom. The van der Waals surface area contributed by atoms with Crippen LogP contribution in [0, 0.1) is 0 Å². The van der Waals surface area contributed by atoms with Gasteiger partial charge in [0.2, 0.25) is 11.8 Å². The molecule has 0 aliphatic carbocycles. The van der Waals surface area contributed by atoms with Crippen molar-refractivity contribution in [2.24, 2.45) is 5.73 Å². The standard InChI is InChI=1S/C19H29N3O2S/c20-10-14-22(13-9-17-7-3-1-4-8-17)19(24)16-25-15-18(23)21-11-5-2-6-12-21/h1,3-4,7-8H,2,5-6,9-16,20H2. The molecule has 6 heteroatoms. The number of likely N-dealkylation sites (tertiary alicyclic amines) is 1. The number of rotatable bonds is 9. The summed E-state index contributed by atoms with van der Waals surface area (Å²) in [4.78, 5) is 28.3. The molecule has 1 saturated heterocycles. The van der Waals surface area contributed by atoms with Crippen molar-refractivity contribution in [1.82, 2.24) is 9.80 Å². The minimum atomic E-state index is 0.0674. The van der Waals surface area contributed by atoms with E-state index in [0.717, 1.165) is 32.4 Å². The number of carbonyl (C=O) groups excluding carboxylic acids is 2. The first kappa shape index (κ1) is 19.8. The quantitative estimate of drug-likeness (QED) is 0.726. The topological polar surface area (TPSA) is 66.6 Å². The van der Waals surface area contributed by atoms with E-state index in [9.17, 15) is 9.59 Å². The number of nitrogens with two attached hydrogens (primary N) is 1. The lowest BCUT2D eigenvalue weighted by Crippen LogP contribution is -2.39. The van der Waals surface area contributed by atoms with E-state index in [1.165, 1.54) is 23.7 Å². The molecule has 1 heterocycles. The molecule has 25 heavy (non-hydrogen) atoms. The largest absolute Gasteiger partial charge is 0.342 e. The highest BCUT2D eigenvalue weighted by Gasteiger charge is 2.18. The minimum Gasteiger partial charge on any atom is -0.342 e. The van der Waals surface area contributed by atoms with Crippen LogP contribution in [0.1, 0.15) is 24.8 Å². The number of hydrogen-bond donors (Lipinski definition) is 1. The van der Waals surface area contributed by atoms with E-state index < -0.39 is 0 Å². The molecule has 0 atom stereocenters. The van der Waals surface area contributed by atoms with Gasteiger partial charge in [-0.25, -0.2) is 0 Å². The van der Waals surface area contributed by atoms with E-state index in [4.69, 9.17) is 5.73 Å². The van der Waals surface area contributed by atoms with Crippen molar-refractivity contribution >= 4 is 23.6 Å². The summed E-state index contributed by atoms with van der Waals surface area (Å²) in [5.41, 5.74) is 6.86. The van der Waals surface area contributed by atoms with Crippen LogP contribution in [0.5, 0.6) is 0 Å². The summed E-state index contributed by atoms with van der Waals surface area (Å²) in [7, 11) is 0. The lowest BCUT2D eigenvalue weighted by atomic mass is 10.1. The molecule has 0 spiro atoms. The fraction of sp³-hybridized carbons (Fsp3) is 0.579. The van der Waals surface area contributed by atoms with Crippen LogP contribution >= 0.6 is 11.8 Å². The van der Waals surface area contributed by atoms with Gasteiger partial charge in [-0.05, 0) is 31.2 Å². The zero-order valence-corrected chi connectivity index (χ0v) is 15.7. The molecule has 2 N–H and O–H groups in total. The van der Waals surface area contributed by atoms with Gasteiger partial charge in [0.1, 0.15) is 0 Å². The zero-order chi connectivity index (χ0) is 17.9. The van der Waals surface area contributed by atoms with Gasteiger partial charge < -0.3 is 15.5 Å². The minimum absolute atomic E-state index is 0.0674. The van der Waals surface area contributed by atoms with Crippen LogP contribution in [0.4, 0.5) is 0 Å². The number of benzene rings is 1. The van der Waals surface area contributed by atoms with Crippen LogP contribution in [0.2, 0.25) is 0 Å². The predicted molar refractivity (Wildman–Crippen MR) is 104 cm³/mol. The highest BCUT2D eigenvalue weighted by Crippen LogP contribution is 2.12. The van der Waals surface area contributed by atoms with Crippen molar-refractivity contribution in [3.63, 3.8) is 0 Å². The van der Waals surface area contributed by atoms with E-state index in [1.807, 2.05) is 28.0 Å². The SMILES string of the molecule is NCCN(CCc1ccccc1)C(=O)CSCC(=O)N1CCCCC1. The third-order valence-corrected chi connectivity index (χ3v) is 5.33. The molecule has 0 unspecified atom stereocenters. The number of piperidine rings is 1. The summed E-state index contributed by atoms with van der Waals surface area (Å²) in [6, 6.07) is 10.1. The van der Waals surface area contributed by atoms with E-state index in [1.54, 1.807) is 0 Å². The van der Waals surface area contributed by atoms with Crippen molar-refractivity contribution in [3.8, 4) is 0 Å². The molecule has 1 aromatic rings. The second-order valence-corrected chi connectivity index (χ2v) is 7.32. The first-order valence-electron chi connectivity index (χ1n) is 9.08. The van der Waals surface area contributed by atoms with Gasteiger partial charge in [-0.3, -0.25) is 9.59 Å². The molecular formula is C19H29N3O2S. The van der Waals surface area contributed by atoms with Crippen molar-refractivity contribution in [2.75, 3.05) is 44.2 Å². The molecule has 138 valence electrons. The second kappa shape index (κ2) is 11.2. The third-order valence-electron chi connectivity index (χ3n) is 4.42. The molecule has 0 bridgehead atoms. The summed E-state index contributed by atoms with van der Waals surface area (Å²) in [6.45, 7) is 3.41. The van der Waals surface area contributed by atoms with Crippen LogP contribution < -0.4 is 5.73 Å². The third kappa shape index (κ3) is 7.08. The van der Waals surface area contributed by atoms with Crippen molar-refractivity contribution < 1.29 is 9.59 Å². The van der Waals surface area contributed by atoms with Crippen LogP contribution in [0.3, 0.4) is 0 Å². The molecule has 0 saturated carbocycles. The molecule has 1 aliphatic rings. The smallest absolute Gasteiger partial charge is 0.232 e. The van der Waals surface area contributed by atoms with Gasteiger partial charge in [0.25, 0.3) is 0 Å². The van der Waals surface area contributed by atoms with Crippen LogP contribution in [-0.4, -0.2) is 65.8 Å². The highest BCUT2D eigenvalue weighted by molar-refractivity contribution is 8.00. The van der Waals surface area contributed by atoms with Crippen molar-refractivity contribution in [1.29, 1.82) is 0 Å². The first-order valence-corrected chi connectivity index (χ1v) is 10.2. The first-order chi connectivity index (χ1) is 12.2. The van der Waals surface area contributed by atoms with E-state index in [2.05, 4.69) is 12.1 Å². The molecule has 0 radical (unpaired) electrons. The Morgan fingerprint density at radius 3 is 2.44 bits per heavy atom. The summed E-state index contributed by atoms with van der Waals surface area (Å²) in [5.74, 6) is 0.958. The molecular weight excluding hydrogens is 334 g/mol. The van der Waals surface area contributed by atoms with Crippen molar-refractivity contribution in [3.05, 3.63) is 35.9 Å². The second-order valence-electron chi connectivity index (χ2n) is 6.34. The Kier molecular flexibility index (Phi) is 8.83. The molecule has 2 amide bonds. The molecule has 1 aromatic carbocycles. The van der Waals surface area contributed by atoms with E-state index >= 15 is 0 Å². The maximum atomic E-state index is 12.4. The maximum absolute atomic E-state index is 12.4. The summed E-state index contributed by atoms with van der Waals surface area (Å²) in [5, 5.41) is 0. The fourth-order valence-corrected chi connectivity index (χ4v) is 3.79. The number of thioether (sulfide) groups is 1. The molecule has 5 nitrogen and oxygen atoms in total. The average molecular weight is 364 g/mol. The fourth-order valence-electron chi connectivity index (χ4n) is 2.98. The zero-order valence-electron chi connectivity index (χ0n) is 14.9. The predicted octanol–water partition coefficient (Wildman–Crippen LogP) is 1.76. The van der Waals surface area contributed by atoms with Gasteiger partial charge in [-0.15, -0.1) is 11.8 Å². The van der Waals surface area contributed by atoms with E-state index in [-0.39, 0.29) is 11.8 Å². The Hall–Kier alpha value is -1.53. The Bertz CT molecular complexity index is 533. The molecule has 0 aromatic heterocycles. The van der Waals surface area contributed by atoms with Gasteiger partial charge in [0.15, 0.2) is 0 Å². The normalized spacial score (nSPS) is 14.4. The van der Waals surface area contributed by atoms with Gasteiger partial charge in [-0.2, -0.15) is 0 Å². The number of nitrogens with zero attached hydrogens (tertiary/aromatic N) is 2. The van der Waals surface area contributed by atoms with Gasteiger partial charge in [0.05, 0.1) is 11.5 Å². The number of hydrogen-bond acceptors (Lipinski definition) is 4. The summed E-state index contributed by atoms with van der Waals surface area (Å²) in [6.07, 6.45) is 4.23. The Morgan fingerprint density at radius 1 is 1.04 bits per heavy atom. The molecule has 1 aliphatic heterocycles. The van der Waals surface area contributed by atoms with E-state index in [0.29, 0.717) is 31.1 Å². The Labute approximate surface area is 154 Å². The van der Waals surface area contributed by atoms with Crippen LogP contribution in [-0.2, 0) is 16.0 Å². The number of amides is 2. The lowest BCUT2D eigenvalue weighted by Gasteiger charge is -2.26. The summed E-state index contributed by atoms with van der Waals surface area (Å²) < 4.78 is 0.